The van der Waals surface area contributed by atoms with Crippen molar-refractivity contribution >= 4 is 31.0 Å². The first-order valence-electron chi connectivity index (χ1n) is 10.7. The average Bonchev–Trinajstić information content (AvgIpc) is 3.11. The molecule has 0 radical (unpaired) electrons. The van der Waals surface area contributed by atoms with Crippen LogP contribution in [0.3, 0.4) is 0 Å². The van der Waals surface area contributed by atoms with Crippen molar-refractivity contribution in [2.45, 2.75) is 44.9 Å². The molecule has 9 heteroatoms. The summed E-state index contributed by atoms with van der Waals surface area (Å²) in [7, 11) is -4.62. The number of benzene rings is 2. The molecule has 0 amide bonds. The molecule has 174 valence electrons. The molecule has 2 aromatic rings. The Labute approximate surface area is 199 Å². The van der Waals surface area contributed by atoms with Gasteiger partial charge in [-0.25, -0.2) is 9.09 Å². The molecule has 0 atom stereocenters. The molecule has 1 aliphatic heterocycles. The Hall–Kier alpha value is -1.53. The fourth-order valence-corrected chi connectivity index (χ4v) is 4.41. The van der Waals surface area contributed by atoms with E-state index in [1.54, 1.807) is 0 Å². The van der Waals surface area contributed by atoms with Crippen LogP contribution in [0.4, 0.5) is 0 Å². The fourth-order valence-electron chi connectivity index (χ4n) is 3.67. The molecule has 0 fully saturated rings. The molecule has 0 saturated carbocycles. The van der Waals surface area contributed by atoms with Gasteiger partial charge in [-0.05, 0) is 73.9 Å². The quantitative estimate of drug-likeness (QED) is 0.283. The van der Waals surface area contributed by atoms with E-state index in [4.69, 9.17) is 27.7 Å². The molecule has 1 aliphatic rings. The number of halogens is 2. The maximum atomic E-state index is 11.5. The van der Waals surface area contributed by atoms with E-state index >= 15 is 0 Å². The topological polar surface area (TPSA) is 73.2 Å². The van der Waals surface area contributed by atoms with Gasteiger partial charge in [0.25, 0.3) is 0 Å². The van der Waals surface area contributed by atoms with Gasteiger partial charge in [0.05, 0.1) is 0 Å². The number of aryl methyl sites for hydroxylation is 2. The lowest BCUT2D eigenvalue weighted by Gasteiger charge is -2.32. The maximum Gasteiger partial charge on any atom is 0.472 e. The van der Waals surface area contributed by atoms with Crippen molar-refractivity contribution in [3.05, 3.63) is 82.1 Å². The van der Waals surface area contributed by atoms with Gasteiger partial charge in [-0.3, -0.25) is 0 Å². The van der Waals surface area contributed by atoms with Gasteiger partial charge in [0.15, 0.2) is 0 Å². The van der Waals surface area contributed by atoms with E-state index in [1.165, 1.54) is 11.1 Å². The van der Waals surface area contributed by atoms with E-state index in [-0.39, 0.29) is 0 Å². The Kier molecular flexibility index (Phi) is 9.47. The van der Waals surface area contributed by atoms with Crippen molar-refractivity contribution in [1.29, 1.82) is 0 Å². The van der Waals surface area contributed by atoms with Gasteiger partial charge in [-0.2, -0.15) is 0 Å². The predicted molar refractivity (Wildman–Crippen MR) is 128 cm³/mol. The second-order valence-corrected chi connectivity index (χ2v) is 9.93. The second kappa shape index (κ2) is 12.1. The Morgan fingerprint density at radius 3 is 1.53 bits per heavy atom. The summed E-state index contributed by atoms with van der Waals surface area (Å²) in [6.07, 6.45) is 8.41. The van der Waals surface area contributed by atoms with Crippen molar-refractivity contribution in [3.63, 3.8) is 0 Å². The molecule has 0 aromatic heterocycles. The molecule has 0 unspecified atom stereocenters. The third-order valence-corrected chi connectivity index (χ3v) is 6.31. The average molecular weight is 499 g/mol. The highest BCUT2D eigenvalue weighted by molar-refractivity contribution is 7.46. The summed E-state index contributed by atoms with van der Waals surface area (Å²) in [4.78, 5) is 22.5. The van der Waals surface area contributed by atoms with E-state index in [2.05, 4.69) is 0 Å². The van der Waals surface area contributed by atoms with Crippen LogP contribution in [-0.2, 0) is 21.9 Å². The molecule has 6 nitrogen and oxygen atoms in total. The number of hydrogen-bond donors (Lipinski definition) is 2. The van der Waals surface area contributed by atoms with Gasteiger partial charge in [0, 0.05) is 35.5 Å². The summed E-state index contributed by atoms with van der Waals surface area (Å²) >= 11 is 11.8. The number of phosphoric ester groups is 1. The summed E-state index contributed by atoms with van der Waals surface area (Å²) in [5.41, 5.74) is 2.44. The van der Waals surface area contributed by atoms with E-state index in [0.29, 0.717) is 13.1 Å². The minimum absolute atomic E-state index is 0.649. The Bertz CT molecular complexity index is 855. The highest BCUT2D eigenvalue weighted by atomic mass is 35.5. The third kappa shape index (κ3) is 8.43. The van der Waals surface area contributed by atoms with Crippen molar-refractivity contribution < 1.29 is 18.9 Å². The lowest BCUT2D eigenvalue weighted by molar-refractivity contribution is -0.0445. The Morgan fingerprint density at radius 2 is 1.16 bits per heavy atom. The SMILES string of the molecule is O=P(O)(O)OC1N(CCCCc2ccc(Cl)cc2)C=CN1CCCCc1ccc(Cl)cc1. The van der Waals surface area contributed by atoms with Crippen molar-refractivity contribution in [2.24, 2.45) is 0 Å². The molecule has 32 heavy (non-hydrogen) atoms. The van der Waals surface area contributed by atoms with Gasteiger partial charge >= 0.3 is 7.82 Å². The number of unbranched alkanes of at least 4 members (excludes halogenated alkanes) is 2. The van der Waals surface area contributed by atoms with Crippen LogP contribution < -0.4 is 0 Å². The van der Waals surface area contributed by atoms with Crippen molar-refractivity contribution in [1.82, 2.24) is 9.80 Å². The fraction of sp³-hybridized carbons (Fsp3) is 0.391. The van der Waals surface area contributed by atoms with E-state index in [0.717, 1.165) is 48.6 Å². The Balaban J connectivity index is 1.45. The van der Waals surface area contributed by atoms with Crippen LogP contribution in [0.15, 0.2) is 60.9 Å². The van der Waals surface area contributed by atoms with Crippen LogP contribution in [-0.4, -0.2) is 39.0 Å². The molecule has 0 spiro atoms. The molecular formula is C23H29Cl2N2O4P. The summed E-state index contributed by atoms with van der Waals surface area (Å²) in [6, 6.07) is 15.6. The standard InChI is InChI=1S/C23H29Cl2N2O4P/c24-21-11-7-19(8-12-21)5-1-3-15-26-17-18-27(23(26)31-32(28,29)30)16-4-2-6-20-9-13-22(25)14-10-20/h7-14,17-18,23H,1-6,15-16H2,(H2,28,29,30). The van der Waals surface area contributed by atoms with E-state index in [1.807, 2.05) is 70.7 Å². The molecule has 1 heterocycles. The smallest absolute Gasteiger partial charge is 0.334 e. The molecule has 3 rings (SSSR count). The van der Waals surface area contributed by atoms with Gasteiger partial charge in [0.1, 0.15) is 0 Å². The summed E-state index contributed by atoms with van der Waals surface area (Å²) in [5.74, 6) is 0. The third-order valence-electron chi connectivity index (χ3n) is 5.34. The van der Waals surface area contributed by atoms with E-state index in [9.17, 15) is 14.4 Å². The zero-order valence-electron chi connectivity index (χ0n) is 17.8. The molecule has 2 aromatic carbocycles. The minimum atomic E-state index is -4.62. The first-order valence-corrected chi connectivity index (χ1v) is 13.0. The van der Waals surface area contributed by atoms with Crippen LogP contribution in [0.25, 0.3) is 0 Å². The first kappa shape index (κ1) is 25.1. The van der Waals surface area contributed by atoms with Crippen molar-refractivity contribution in [3.8, 4) is 0 Å². The van der Waals surface area contributed by atoms with Gasteiger partial charge in [0.2, 0.25) is 6.35 Å². The molecule has 0 bridgehead atoms. The summed E-state index contributed by atoms with van der Waals surface area (Å²) in [5, 5.41) is 1.45. The normalized spacial score (nSPS) is 14.5. The van der Waals surface area contributed by atoms with Crippen LogP contribution in [0.2, 0.25) is 10.0 Å². The zero-order valence-corrected chi connectivity index (χ0v) is 20.2. The van der Waals surface area contributed by atoms with E-state index < -0.39 is 14.2 Å². The summed E-state index contributed by atoms with van der Waals surface area (Å²) < 4.78 is 16.6. The highest BCUT2D eigenvalue weighted by Gasteiger charge is 2.32. The van der Waals surface area contributed by atoms with Crippen molar-refractivity contribution in [2.75, 3.05) is 13.1 Å². The monoisotopic (exact) mass is 498 g/mol. The Morgan fingerprint density at radius 1 is 0.750 bits per heavy atom. The molecule has 0 saturated heterocycles. The van der Waals surface area contributed by atoms with Crippen LogP contribution in [0.1, 0.15) is 36.8 Å². The van der Waals surface area contributed by atoms with Gasteiger partial charge < -0.3 is 19.6 Å². The van der Waals surface area contributed by atoms with Crippen LogP contribution in [0, 0.1) is 0 Å². The molecular weight excluding hydrogens is 470 g/mol. The summed E-state index contributed by atoms with van der Waals surface area (Å²) in [6.45, 7) is 1.30. The second-order valence-electron chi connectivity index (χ2n) is 7.86. The number of rotatable bonds is 12. The van der Waals surface area contributed by atoms with Crippen LogP contribution >= 0.6 is 31.0 Å². The number of phosphoric acid groups is 1. The maximum absolute atomic E-state index is 11.5. The van der Waals surface area contributed by atoms with Crippen LogP contribution in [0.5, 0.6) is 0 Å². The predicted octanol–water partition coefficient (Wildman–Crippen LogP) is 5.82. The lowest BCUT2D eigenvalue weighted by atomic mass is 10.1. The lowest BCUT2D eigenvalue weighted by Crippen LogP contribution is -2.41. The zero-order chi connectivity index (χ0) is 23.0. The number of hydrogen-bond acceptors (Lipinski definition) is 4. The number of nitrogens with zero attached hydrogens (tertiary/aromatic N) is 2. The van der Waals surface area contributed by atoms with Gasteiger partial charge in [-0.15, -0.1) is 0 Å². The molecule has 0 aliphatic carbocycles. The highest BCUT2D eigenvalue weighted by Crippen LogP contribution is 2.40. The first-order chi connectivity index (χ1) is 15.3. The molecule has 2 N–H and O–H groups in total. The largest absolute Gasteiger partial charge is 0.472 e. The van der Waals surface area contributed by atoms with Gasteiger partial charge in [-0.1, -0.05) is 47.5 Å². The minimum Gasteiger partial charge on any atom is -0.334 e.